The van der Waals surface area contributed by atoms with Gasteiger partial charge in [-0.3, -0.25) is 10.7 Å². The monoisotopic (exact) mass is 494 g/mol. The zero-order valence-corrected chi connectivity index (χ0v) is 21.9. The number of carbonyl (C=O) groups is 1. The molecule has 0 aliphatic carbocycles. The summed E-state index contributed by atoms with van der Waals surface area (Å²) in [6.45, 7) is 17.8. The van der Waals surface area contributed by atoms with Crippen molar-refractivity contribution in [2.45, 2.75) is 33.7 Å². The number of allylic oxidation sites excluding steroid dienone is 1. The Morgan fingerprint density at radius 3 is 2.58 bits per heavy atom. The standard InChI is InChI=1S/C15H20N2O.C12H16N2O2.C2H6/c1-3-4-11-16-12-15-9-7-14(8-10-15)6-5-13(2)17-18;1-10-3-2-4-11(9-10)16-8-7-14-6-5-13-12(14)15;1-2/h3,5-10,16-18H,1-2,4,11-12H2;2-4,9H,5-8H2,1H3,(H,13,15);1-2H3/b6-5+;;. The van der Waals surface area contributed by atoms with Gasteiger partial charge < -0.3 is 20.3 Å². The summed E-state index contributed by atoms with van der Waals surface area (Å²) in [5, 5.41) is 14.7. The van der Waals surface area contributed by atoms with Crippen LogP contribution in [0.5, 0.6) is 5.75 Å². The Kier molecular flexibility index (Phi) is 15.9. The molecule has 0 spiro atoms. The lowest BCUT2D eigenvalue weighted by molar-refractivity contribution is 0.202. The quantitative estimate of drug-likeness (QED) is 0.140. The smallest absolute Gasteiger partial charge is 0.317 e. The highest BCUT2D eigenvalue weighted by Crippen LogP contribution is 2.12. The van der Waals surface area contributed by atoms with Crippen LogP contribution in [-0.4, -0.2) is 48.9 Å². The van der Waals surface area contributed by atoms with Gasteiger partial charge in [0.15, 0.2) is 0 Å². The SMILES string of the molecule is C=CCCNCc1ccc(/C=C/C(=C)NO)cc1.CC.Cc1cccc(OCCN2CCNC2=O)c1. The molecule has 7 heteroatoms. The van der Waals surface area contributed by atoms with Gasteiger partial charge in [0, 0.05) is 19.6 Å². The molecule has 1 aliphatic heterocycles. The number of aryl methyl sites for hydroxylation is 1. The molecule has 2 aromatic rings. The summed E-state index contributed by atoms with van der Waals surface area (Å²) in [6, 6.07) is 16.1. The van der Waals surface area contributed by atoms with Crippen molar-refractivity contribution in [3.8, 4) is 5.75 Å². The molecule has 36 heavy (non-hydrogen) atoms. The van der Waals surface area contributed by atoms with Crippen LogP contribution < -0.4 is 20.9 Å². The van der Waals surface area contributed by atoms with Crippen molar-refractivity contribution in [3.05, 3.63) is 96.2 Å². The van der Waals surface area contributed by atoms with E-state index in [9.17, 15) is 4.79 Å². The lowest BCUT2D eigenvalue weighted by atomic mass is 10.1. The van der Waals surface area contributed by atoms with E-state index in [4.69, 9.17) is 9.94 Å². The average Bonchev–Trinajstić information content (AvgIpc) is 3.32. The third-order valence-corrected chi connectivity index (χ3v) is 5.02. The predicted octanol–water partition coefficient (Wildman–Crippen LogP) is 5.28. The Labute approximate surface area is 216 Å². The Morgan fingerprint density at radius 2 is 1.97 bits per heavy atom. The van der Waals surface area contributed by atoms with Gasteiger partial charge in [0.1, 0.15) is 12.4 Å². The van der Waals surface area contributed by atoms with E-state index in [0.29, 0.717) is 18.8 Å². The lowest BCUT2D eigenvalue weighted by Crippen LogP contribution is -2.31. The second kappa shape index (κ2) is 18.7. The first-order valence-electron chi connectivity index (χ1n) is 12.4. The minimum absolute atomic E-state index is 0.00726. The molecule has 0 bridgehead atoms. The van der Waals surface area contributed by atoms with Crippen molar-refractivity contribution in [2.75, 3.05) is 32.8 Å². The first-order valence-corrected chi connectivity index (χ1v) is 12.4. The number of urea groups is 1. The Morgan fingerprint density at radius 1 is 1.22 bits per heavy atom. The third kappa shape index (κ3) is 12.8. The van der Waals surface area contributed by atoms with Gasteiger partial charge in [-0.1, -0.05) is 69.0 Å². The molecular weight excluding hydrogens is 452 g/mol. The summed E-state index contributed by atoms with van der Waals surface area (Å²) in [6.07, 6.45) is 6.50. The van der Waals surface area contributed by atoms with E-state index in [1.54, 1.807) is 11.0 Å². The fraction of sp³-hybridized carbons (Fsp3) is 0.345. The first-order chi connectivity index (χ1) is 17.5. The number of hydroxylamine groups is 1. The number of nitrogens with one attached hydrogen (secondary N) is 3. The molecule has 0 radical (unpaired) electrons. The molecular formula is C29H42N4O3. The summed E-state index contributed by atoms with van der Waals surface area (Å²) < 4.78 is 5.58. The van der Waals surface area contributed by atoms with E-state index in [-0.39, 0.29) is 6.03 Å². The van der Waals surface area contributed by atoms with Crippen LogP contribution in [0, 0.1) is 6.92 Å². The zero-order chi connectivity index (χ0) is 26.6. The van der Waals surface area contributed by atoms with Crippen molar-refractivity contribution in [1.82, 2.24) is 21.0 Å². The third-order valence-electron chi connectivity index (χ3n) is 5.02. The minimum Gasteiger partial charge on any atom is -0.492 e. The van der Waals surface area contributed by atoms with Gasteiger partial charge in [-0.15, -0.1) is 6.58 Å². The summed E-state index contributed by atoms with van der Waals surface area (Å²) in [5.74, 6) is 0.861. The van der Waals surface area contributed by atoms with Crippen LogP contribution in [0.15, 0.2) is 79.5 Å². The van der Waals surface area contributed by atoms with Gasteiger partial charge in [0.25, 0.3) is 0 Å². The molecule has 1 fully saturated rings. The molecule has 0 aromatic heterocycles. The number of amides is 2. The van der Waals surface area contributed by atoms with Gasteiger partial charge in [-0.25, -0.2) is 4.79 Å². The van der Waals surface area contributed by atoms with E-state index >= 15 is 0 Å². The summed E-state index contributed by atoms with van der Waals surface area (Å²) in [7, 11) is 0. The largest absolute Gasteiger partial charge is 0.492 e. The Balaban J connectivity index is 0.000000338. The van der Waals surface area contributed by atoms with Crippen LogP contribution in [0.1, 0.15) is 37.0 Å². The second-order valence-electron chi connectivity index (χ2n) is 7.85. The van der Waals surface area contributed by atoms with Crippen molar-refractivity contribution in [2.24, 2.45) is 0 Å². The van der Waals surface area contributed by atoms with Crippen molar-refractivity contribution in [1.29, 1.82) is 0 Å². The molecule has 1 heterocycles. The van der Waals surface area contributed by atoms with E-state index in [1.807, 2.05) is 74.8 Å². The van der Waals surface area contributed by atoms with E-state index in [2.05, 4.69) is 35.9 Å². The normalized spacial score (nSPS) is 12.1. The average molecular weight is 495 g/mol. The highest BCUT2D eigenvalue weighted by Gasteiger charge is 2.18. The van der Waals surface area contributed by atoms with Crippen LogP contribution in [-0.2, 0) is 6.54 Å². The van der Waals surface area contributed by atoms with E-state index < -0.39 is 0 Å². The van der Waals surface area contributed by atoms with Gasteiger partial charge in [0.05, 0.1) is 12.2 Å². The molecule has 1 saturated heterocycles. The Hall–Kier alpha value is -3.55. The number of hydrogen-bond acceptors (Lipinski definition) is 5. The highest BCUT2D eigenvalue weighted by molar-refractivity contribution is 5.76. The summed E-state index contributed by atoms with van der Waals surface area (Å²) >= 11 is 0. The van der Waals surface area contributed by atoms with Crippen LogP contribution in [0.3, 0.4) is 0 Å². The number of nitrogens with zero attached hydrogens (tertiary/aromatic N) is 1. The van der Waals surface area contributed by atoms with E-state index in [1.165, 1.54) is 11.1 Å². The van der Waals surface area contributed by atoms with Gasteiger partial charge >= 0.3 is 6.03 Å². The number of benzene rings is 2. The fourth-order valence-electron chi connectivity index (χ4n) is 3.12. The van der Waals surface area contributed by atoms with Gasteiger partial charge in [-0.05, 0) is 54.8 Å². The molecule has 2 amide bonds. The van der Waals surface area contributed by atoms with E-state index in [0.717, 1.165) is 43.9 Å². The predicted molar refractivity (Wildman–Crippen MR) is 149 cm³/mol. The first kappa shape index (κ1) is 30.5. The van der Waals surface area contributed by atoms with Crippen LogP contribution in [0.4, 0.5) is 4.79 Å². The minimum atomic E-state index is 0.00726. The maximum atomic E-state index is 11.2. The number of carbonyl (C=O) groups excluding carboxylic acids is 1. The molecule has 2 aromatic carbocycles. The Bertz CT molecular complexity index is 942. The summed E-state index contributed by atoms with van der Waals surface area (Å²) in [4.78, 5) is 13.0. The maximum Gasteiger partial charge on any atom is 0.317 e. The molecule has 1 aliphatic rings. The zero-order valence-electron chi connectivity index (χ0n) is 21.9. The summed E-state index contributed by atoms with van der Waals surface area (Å²) in [5.41, 5.74) is 5.94. The second-order valence-corrected chi connectivity index (χ2v) is 7.85. The maximum absolute atomic E-state index is 11.2. The number of rotatable bonds is 12. The van der Waals surface area contributed by atoms with Crippen LogP contribution >= 0.6 is 0 Å². The molecule has 3 rings (SSSR count). The molecule has 196 valence electrons. The topological polar surface area (TPSA) is 85.9 Å². The van der Waals surface area contributed by atoms with Crippen molar-refractivity contribution < 1.29 is 14.7 Å². The lowest BCUT2D eigenvalue weighted by Gasteiger charge is -2.14. The number of ether oxygens (including phenoxy) is 1. The fourth-order valence-corrected chi connectivity index (χ4v) is 3.12. The van der Waals surface area contributed by atoms with Gasteiger partial charge in [-0.2, -0.15) is 0 Å². The molecule has 0 unspecified atom stereocenters. The van der Waals surface area contributed by atoms with Crippen molar-refractivity contribution >= 4 is 12.1 Å². The highest BCUT2D eigenvalue weighted by atomic mass is 16.5. The molecule has 4 N–H and O–H groups in total. The van der Waals surface area contributed by atoms with Crippen molar-refractivity contribution in [3.63, 3.8) is 0 Å². The molecule has 7 nitrogen and oxygen atoms in total. The van der Waals surface area contributed by atoms with Crippen LogP contribution in [0.2, 0.25) is 0 Å². The molecule has 0 saturated carbocycles. The number of hydrogen-bond donors (Lipinski definition) is 4. The van der Waals surface area contributed by atoms with Crippen LogP contribution in [0.25, 0.3) is 6.08 Å². The van der Waals surface area contributed by atoms with Gasteiger partial charge in [0.2, 0.25) is 0 Å². The molecule has 0 atom stereocenters.